The highest BCUT2D eigenvalue weighted by molar-refractivity contribution is 9.11. The number of hydrogen-bond donors (Lipinski definition) is 1. The van der Waals surface area contributed by atoms with Crippen molar-refractivity contribution in [1.29, 1.82) is 0 Å². The summed E-state index contributed by atoms with van der Waals surface area (Å²) in [4.78, 5) is 1.19. The van der Waals surface area contributed by atoms with Gasteiger partial charge < -0.3 is 10.5 Å². The Bertz CT molecular complexity index is 536. The predicted molar refractivity (Wildman–Crippen MR) is 80.1 cm³/mol. The van der Waals surface area contributed by atoms with Gasteiger partial charge in [0, 0.05) is 16.5 Å². The third-order valence-corrected chi connectivity index (χ3v) is 4.25. The molecule has 0 bridgehead atoms. The van der Waals surface area contributed by atoms with E-state index >= 15 is 0 Å². The topological polar surface area (TPSA) is 35.2 Å². The number of nitrogens with two attached hydrogens (primary N) is 1. The molecule has 0 aliphatic carbocycles. The fourth-order valence-electron chi connectivity index (χ4n) is 1.73. The Kier molecular flexibility index (Phi) is 4.43. The summed E-state index contributed by atoms with van der Waals surface area (Å²) in [7, 11) is 0. The van der Waals surface area contributed by atoms with E-state index in [9.17, 15) is 0 Å². The molecule has 0 saturated carbocycles. The molecule has 96 valence electrons. The molecule has 18 heavy (non-hydrogen) atoms. The standard InChI is InChI=1S/C14H16BrNOS/c1-9-3-5-13(12(7-9)10(2)16)17-8-11-4-6-14(15)18-11/h3-7,10H,8,16H2,1-2H3. The van der Waals surface area contributed by atoms with E-state index in [0.29, 0.717) is 6.61 Å². The molecule has 1 aromatic carbocycles. The summed E-state index contributed by atoms with van der Waals surface area (Å²) in [5.41, 5.74) is 8.23. The fraction of sp³-hybridized carbons (Fsp3) is 0.286. The van der Waals surface area contributed by atoms with Crippen LogP contribution in [0.3, 0.4) is 0 Å². The van der Waals surface area contributed by atoms with Gasteiger partial charge in [0.1, 0.15) is 12.4 Å². The van der Waals surface area contributed by atoms with Gasteiger partial charge in [-0.2, -0.15) is 0 Å². The zero-order valence-electron chi connectivity index (χ0n) is 10.4. The van der Waals surface area contributed by atoms with E-state index in [-0.39, 0.29) is 6.04 Å². The Morgan fingerprint density at radius 2 is 2.11 bits per heavy atom. The lowest BCUT2D eigenvalue weighted by molar-refractivity contribution is 0.305. The van der Waals surface area contributed by atoms with Crippen molar-refractivity contribution in [1.82, 2.24) is 0 Å². The van der Waals surface area contributed by atoms with E-state index in [2.05, 4.69) is 35.0 Å². The third-order valence-electron chi connectivity index (χ3n) is 2.65. The number of rotatable bonds is 4. The Hall–Kier alpha value is -0.840. The highest BCUT2D eigenvalue weighted by atomic mass is 79.9. The van der Waals surface area contributed by atoms with Crippen LogP contribution in [0.15, 0.2) is 34.1 Å². The molecular formula is C14H16BrNOS. The third kappa shape index (κ3) is 3.34. The lowest BCUT2D eigenvalue weighted by Gasteiger charge is -2.14. The first-order valence-corrected chi connectivity index (χ1v) is 7.40. The van der Waals surface area contributed by atoms with Crippen LogP contribution in [0.4, 0.5) is 0 Å². The maximum absolute atomic E-state index is 5.97. The number of halogens is 1. The molecule has 0 saturated heterocycles. The second-order valence-electron chi connectivity index (χ2n) is 4.32. The molecule has 4 heteroatoms. The van der Waals surface area contributed by atoms with Gasteiger partial charge in [-0.1, -0.05) is 17.7 Å². The van der Waals surface area contributed by atoms with Crippen molar-refractivity contribution < 1.29 is 4.74 Å². The molecule has 0 aliphatic heterocycles. The van der Waals surface area contributed by atoms with Crippen LogP contribution in [-0.2, 0) is 6.61 Å². The first kappa shape index (κ1) is 13.6. The van der Waals surface area contributed by atoms with Crippen LogP contribution in [0, 0.1) is 6.92 Å². The normalized spacial score (nSPS) is 12.4. The number of thiophene rings is 1. The monoisotopic (exact) mass is 325 g/mol. The molecule has 0 spiro atoms. The van der Waals surface area contributed by atoms with Gasteiger partial charge in [0.25, 0.3) is 0 Å². The van der Waals surface area contributed by atoms with Gasteiger partial charge >= 0.3 is 0 Å². The Morgan fingerprint density at radius 3 is 2.72 bits per heavy atom. The van der Waals surface area contributed by atoms with Gasteiger partial charge in [0.2, 0.25) is 0 Å². The van der Waals surface area contributed by atoms with Crippen LogP contribution in [0.1, 0.15) is 29.0 Å². The summed E-state index contributed by atoms with van der Waals surface area (Å²) in [6, 6.07) is 10.2. The Morgan fingerprint density at radius 1 is 1.33 bits per heavy atom. The van der Waals surface area contributed by atoms with Crippen LogP contribution >= 0.6 is 27.3 Å². The largest absolute Gasteiger partial charge is 0.488 e. The van der Waals surface area contributed by atoms with Crippen LogP contribution in [-0.4, -0.2) is 0 Å². The summed E-state index contributed by atoms with van der Waals surface area (Å²) in [6.07, 6.45) is 0. The number of aryl methyl sites for hydroxylation is 1. The highest BCUT2D eigenvalue weighted by Gasteiger charge is 2.09. The van der Waals surface area contributed by atoms with Crippen molar-refractivity contribution in [2.45, 2.75) is 26.5 Å². The Balaban J connectivity index is 2.13. The van der Waals surface area contributed by atoms with Crippen molar-refractivity contribution in [3.8, 4) is 5.75 Å². The van der Waals surface area contributed by atoms with Crippen LogP contribution in [0.25, 0.3) is 0 Å². The van der Waals surface area contributed by atoms with E-state index < -0.39 is 0 Å². The molecule has 2 aromatic rings. The average molecular weight is 326 g/mol. The molecule has 0 aliphatic rings. The average Bonchev–Trinajstić information content (AvgIpc) is 2.73. The maximum Gasteiger partial charge on any atom is 0.124 e. The minimum absolute atomic E-state index is 0.0185. The smallest absolute Gasteiger partial charge is 0.124 e. The molecule has 2 N–H and O–H groups in total. The summed E-state index contributed by atoms with van der Waals surface area (Å²) >= 11 is 5.13. The van der Waals surface area contributed by atoms with Gasteiger partial charge in [-0.3, -0.25) is 0 Å². The molecule has 1 unspecified atom stereocenters. The number of benzene rings is 1. The molecule has 0 amide bonds. The maximum atomic E-state index is 5.97. The lowest BCUT2D eigenvalue weighted by atomic mass is 10.1. The molecule has 1 atom stereocenters. The van der Waals surface area contributed by atoms with Crippen LogP contribution in [0.2, 0.25) is 0 Å². The molecule has 2 rings (SSSR count). The molecule has 0 fully saturated rings. The van der Waals surface area contributed by atoms with E-state index in [1.807, 2.05) is 25.1 Å². The van der Waals surface area contributed by atoms with Gasteiger partial charge in [0.15, 0.2) is 0 Å². The molecule has 1 aromatic heterocycles. The van der Waals surface area contributed by atoms with Crippen molar-refractivity contribution in [3.05, 3.63) is 50.1 Å². The molecule has 1 heterocycles. The summed E-state index contributed by atoms with van der Waals surface area (Å²) in [6.45, 7) is 4.62. The van der Waals surface area contributed by atoms with Crippen molar-refractivity contribution >= 4 is 27.3 Å². The Labute approximate surface area is 120 Å². The van der Waals surface area contributed by atoms with Crippen LogP contribution < -0.4 is 10.5 Å². The number of hydrogen-bond acceptors (Lipinski definition) is 3. The second kappa shape index (κ2) is 5.87. The first-order chi connectivity index (χ1) is 8.56. The quantitative estimate of drug-likeness (QED) is 0.903. The lowest BCUT2D eigenvalue weighted by Crippen LogP contribution is -2.08. The first-order valence-electron chi connectivity index (χ1n) is 5.79. The fourth-order valence-corrected chi connectivity index (χ4v) is 3.13. The van der Waals surface area contributed by atoms with Gasteiger partial charge in [-0.15, -0.1) is 11.3 Å². The van der Waals surface area contributed by atoms with Crippen molar-refractivity contribution in [2.75, 3.05) is 0 Å². The molecule has 2 nitrogen and oxygen atoms in total. The summed E-state index contributed by atoms with van der Waals surface area (Å²) in [5.74, 6) is 0.875. The van der Waals surface area contributed by atoms with E-state index in [0.717, 1.165) is 15.1 Å². The SMILES string of the molecule is Cc1ccc(OCc2ccc(Br)s2)c(C(C)N)c1. The van der Waals surface area contributed by atoms with Crippen molar-refractivity contribution in [2.24, 2.45) is 5.73 Å². The van der Waals surface area contributed by atoms with Gasteiger partial charge in [0.05, 0.1) is 3.79 Å². The van der Waals surface area contributed by atoms with Gasteiger partial charge in [-0.25, -0.2) is 0 Å². The summed E-state index contributed by atoms with van der Waals surface area (Å²) in [5, 5.41) is 0. The minimum Gasteiger partial charge on any atom is -0.488 e. The molecular weight excluding hydrogens is 310 g/mol. The van der Waals surface area contributed by atoms with Crippen molar-refractivity contribution in [3.63, 3.8) is 0 Å². The predicted octanol–water partition coefficient (Wildman–Crippen LogP) is 4.42. The van der Waals surface area contributed by atoms with E-state index in [4.69, 9.17) is 10.5 Å². The van der Waals surface area contributed by atoms with E-state index in [1.165, 1.54) is 10.4 Å². The minimum atomic E-state index is -0.0185. The zero-order chi connectivity index (χ0) is 13.1. The second-order valence-corrected chi connectivity index (χ2v) is 6.87. The number of ether oxygens (including phenoxy) is 1. The zero-order valence-corrected chi connectivity index (χ0v) is 12.8. The highest BCUT2D eigenvalue weighted by Crippen LogP contribution is 2.28. The van der Waals surface area contributed by atoms with Gasteiger partial charge in [-0.05, 0) is 48.0 Å². The van der Waals surface area contributed by atoms with E-state index in [1.54, 1.807) is 11.3 Å². The summed E-state index contributed by atoms with van der Waals surface area (Å²) < 4.78 is 6.99. The molecule has 0 radical (unpaired) electrons. The van der Waals surface area contributed by atoms with Crippen LogP contribution in [0.5, 0.6) is 5.75 Å².